The van der Waals surface area contributed by atoms with Gasteiger partial charge in [-0.05, 0) is 39.9 Å². The molecule has 102 valence electrons. The Morgan fingerprint density at radius 2 is 2.30 bits per heavy atom. The number of imidazole rings is 2. The van der Waals surface area contributed by atoms with E-state index in [1.807, 2.05) is 0 Å². The maximum Gasteiger partial charge on any atom is 0.396 e. The number of benzene rings is 1. The van der Waals surface area contributed by atoms with E-state index in [1.54, 1.807) is 29.8 Å². The van der Waals surface area contributed by atoms with Gasteiger partial charge in [-0.2, -0.15) is 0 Å². The summed E-state index contributed by atoms with van der Waals surface area (Å²) >= 11 is 7.06. The van der Waals surface area contributed by atoms with Gasteiger partial charge in [0.1, 0.15) is 0 Å². The fourth-order valence-electron chi connectivity index (χ4n) is 1.75. The van der Waals surface area contributed by atoms with Gasteiger partial charge >= 0.3 is 5.82 Å². The Balaban J connectivity index is 2.01. The van der Waals surface area contributed by atoms with E-state index in [0.717, 1.165) is 22.8 Å². The van der Waals surface area contributed by atoms with Crippen molar-refractivity contribution < 1.29 is 4.92 Å². The van der Waals surface area contributed by atoms with Crippen LogP contribution in [0.5, 0.6) is 0 Å². The Labute approximate surface area is 122 Å². The smallest absolute Gasteiger partial charge is 0.358 e. The van der Waals surface area contributed by atoms with Gasteiger partial charge in [-0.25, -0.2) is 4.98 Å². The number of halogens is 1. The molecule has 2 heterocycles. The van der Waals surface area contributed by atoms with Crippen LogP contribution < -0.4 is 0 Å². The summed E-state index contributed by atoms with van der Waals surface area (Å²) in [7, 11) is 1.70. The topological polar surface area (TPSA) is 89.6 Å². The first-order valence-electron chi connectivity index (χ1n) is 5.53. The molecule has 20 heavy (non-hydrogen) atoms. The van der Waals surface area contributed by atoms with E-state index in [-0.39, 0.29) is 5.82 Å². The molecule has 0 saturated heterocycles. The van der Waals surface area contributed by atoms with Crippen molar-refractivity contribution in [1.29, 1.82) is 0 Å². The molecule has 0 atom stereocenters. The molecule has 0 fully saturated rings. The number of aromatic amines is 1. The van der Waals surface area contributed by atoms with Crippen LogP contribution in [0.2, 0.25) is 5.02 Å². The number of H-pyrrole nitrogens is 1. The van der Waals surface area contributed by atoms with Crippen LogP contribution in [-0.2, 0) is 7.05 Å². The summed E-state index contributed by atoms with van der Waals surface area (Å²) in [5.41, 5.74) is 1.53. The Bertz CT molecular complexity index is 812. The number of nitro groups is 1. The molecular weight excluding hydrogens is 302 g/mol. The molecule has 1 N–H and O–H groups in total. The van der Waals surface area contributed by atoms with Crippen molar-refractivity contribution in [3.63, 3.8) is 0 Å². The van der Waals surface area contributed by atoms with Gasteiger partial charge in [0.05, 0.1) is 11.0 Å². The number of nitrogens with one attached hydrogen (secondary N) is 1. The van der Waals surface area contributed by atoms with Crippen LogP contribution in [-0.4, -0.2) is 24.4 Å². The van der Waals surface area contributed by atoms with Crippen LogP contribution in [0, 0.1) is 10.1 Å². The predicted molar refractivity (Wildman–Crippen MR) is 75.1 cm³/mol. The third kappa shape index (κ3) is 2.23. The quantitative estimate of drug-likeness (QED) is 0.593. The minimum atomic E-state index is -0.512. The summed E-state index contributed by atoms with van der Waals surface area (Å²) in [5.74, 6) is -0.184. The molecule has 0 aliphatic rings. The molecule has 1 aromatic carbocycles. The summed E-state index contributed by atoms with van der Waals surface area (Å²) < 4.78 is 1.59. The summed E-state index contributed by atoms with van der Waals surface area (Å²) in [6.45, 7) is 0. The maximum absolute atomic E-state index is 10.9. The molecule has 0 spiro atoms. The summed E-state index contributed by atoms with van der Waals surface area (Å²) in [4.78, 5) is 21.6. The van der Waals surface area contributed by atoms with Crippen molar-refractivity contribution in [2.45, 2.75) is 10.2 Å². The first kappa shape index (κ1) is 12.9. The number of nitrogens with zero attached hydrogens (tertiary/aromatic N) is 4. The molecule has 3 rings (SSSR count). The number of aromatic nitrogens is 4. The monoisotopic (exact) mass is 309 g/mol. The van der Waals surface area contributed by atoms with Crippen LogP contribution in [0.4, 0.5) is 5.82 Å². The SMILES string of the molecule is Cn1cnc([N+](=O)[O-])c1Sc1nc2ccc(Cl)cc2[nH]1. The molecule has 0 bridgehead atoms. The van der Waals surface area contributed by atoms with Gasteiger partial charge in [0, 0.05) is 12.1 Å². The second-order valence-electron chi connectivity index (χ2n) is 4.05. The van der Waals surface area contributed by atoms with E-state index in [4.69, 9.17) is 11.6 Å². The van der Waals surface area contributed by atoms with E-state index in [9.17, 15) is 10.1 Å². The molecule has 0 amide bonds. The van der Waals surface area contributed by atoms with Crippen LogP contribution in [0.15, 0.2) is 34.7 Å². The van der Waals surface area contributed by atoms with Gasteiger partial charge in [-0.3, -0.25) is 0 Å². The van der Waals surface area contributed by atoms with Gasteiger partial charge in [0.25, 0.3) is 0 Å². The van der Waals surface area contributed by atoms with Crippen molar-refractivity contribution in [3.05, 3.63) is 39.7 Å². The average Bonchev–Trinajstić information content (AvgIpc) is 2.93. The average molecular weight is 310 g/mol. The molecule has 3 aromatic rings. The Hall–Kier alpha value is -2.06. The lowest BCUT2D eigenvalue weighted by Crippen LogP contribution is -1.93. The van der Waals surface area contributed by atoms with E-state index in [2.05, 4.69) is 15.0 Å². The third-order valence-electron chi connectivity index (χ3n) is 2.65. The van der Waals surface area contributed by atoms with Gasteiger partial charge < -0.3 is 19.7 Å². The van der Waals surface area contributed by atoms with Crippen LogP contribution in [0.3, 0.4) is 0 Å². The lowest BCUT2D eigenvalue weighted by atomic mass is 10.3. The van der Waals surface area contributed by atoms with Gasteiger partial charge in [-0.1, -0.05) is 11.6 Å². The highest BCUT2D eigenvalue weighted by Crippen LogP contribution is 2.33. The third-order valence-corrected chi connectivity index (χ3v) is 3.94. The minimum Gasteiger partial charge on any atom is -0.358 e. The lowest BCUT2D eigenvalue weighted by Gasteiger charge is -1.98. The number of hydrogen-bond donors (Lipinski definition) is 1. The molecule has 9 heteroatoms. The van der Waals surface area contributed by atoms with Crippen LogP contribution in [0.25, 0.3) is 11.0 Å². The molecule has 2 aromatic heterocycles. The fraction of sp³-hybridized carbons (Fsp3) is 0.0909. The van der Waals surface area contributed by atoms with E-state index >= 15 is 0 Å². The van der Waals surface area contributed by atoms with Gasteiger partial charge in [-0.15, -0.1) is 0 Å². The Kier molecular flexibility index (Phi) is 3.11. The van der Waals surface area contributed by atoms with E-state index < -0.39 is 4.92 Å². The highest BCUT2D eigenvalue weighted by molar-refractivity contribution is 7.99. The molecule has 0 aliphatic heterocycles. The highest BCUT2D eigenvalue weighted by atomic mass is 35.5. The number of fused-ring (bicyclic) bond motifs is 1. The second kappa shape index (κ2) is 4.80. The molecule has 7 nitrogen and oxygen atoms in total. The normalized spacial score (nSPS) is 11.1. The zero-order valence-electron chi connectivity index (χ0n) is 10.2. The molecule has 0 aliphatic carbocycles. The van der Waals surface area contributed by atoms with Crippen LogP contribution >= 0.6 is 23.4 Å². The first-order chi connectivity index (χ1) is 9.54. The maximum atomic E-state index is 10.9. The number of aryl methyl sites for hydroxylation is 1. The summed E-state index contributed by atoms with van der Waals surface area (Å²) in [6.07, 6.45) is 1.40. The van der Waals surface area contributed by atoms with Gasteiger partial charge in [0.2, 0.25) is 6.33 Å². The van der Waals surface area contributed by atoms with Crippen LogP contribution in [0.1, 0.15) is 0 Å². The molecule has 0 radical (unpaired) electrons. The van der Waals surface area contributed by atoms with Gasteiger partial charge in [0.15, 0.2) is 10.2 Å². The molecule has 0 unspecified atom stereocenters. The predicted octanol–water partition coefficient (Wildman–Crippen LogP) is 3.01. The van der Waals surface area contributed by atoms with Crippen molar-refractivity contribution in [2.24, 2.45) is 7.05 Å². The van der Waals surface area contributed by atoms with Crippen molar-refractivity contribution in [1.82, 2.24) is 19.5 Å². The largest absolute Gasteiger partial charge is 0.396 e. The standard InChI is InChI=1S/C11H8ClN5O2S/c1-16-5-13-9(17(18)19)10(16)20-11-14-7-3-2-6(12)4-8(7)15-11/h2-5H,1H3,(H,14,15). The Morgan fingerprint density at radius 3 is 3.05 bits per heavy atom. The fourth-order valence-corrected chi connectivity index (χ4v) is 2.82. The van der Waals surface area contributed by atoms with Crippen molar-refractivity contribution >= 4 is 40.2 Å². The van der Waals surface area contributed by atoms with Crippen molar-refractivity contribution in [3.8, 4) is 0 Å². The molecular formula is C11H8ClN5O2S. The summed E-state index contributed by atoms with van der Waals surface area (Å²) in [6, 6.07) is 5.28. The van der Waals surface area contributed by atoms with E-state index in [0.29, 0.717) is 15.2 Å². The Morgan fingerprint density at radius 1 is 1.50 bits per heavy atom. The first-order valence-corrected chi connectivity index (χ1v) is 6.73. The molecule has 0 saturated carbocycles. The van der Waals surface area contributed by atoms with Crippen molar-refractivity contribution in [2.75, 3.05) is 0 Å². The highest BCUT2D eigenvalue weighted by Gasteiger charge is 2.22. The van der Waals surface area contributed by atoms with E-state index in [1.165, 1.54) is 6.33 Å². The minimum absolute atomic E-state index is 0.184. The lowest BCUT2D eigenvalue weighted by molar-refractivity contribution is -0.392. The second-order valence-corrected chi connectivity index (χ2v) is 5.46. The zero-order valence-corrected chi connectivity index (χ0v) is 11.8. The summed E-state index contributed by atoms with van der Waals surface area (Å²) in [5, 5.41) is 12.5. The number of hydrogen-bond acceptors (Lipinski definition) is 5. The number of rotatable bonds is 3. The zero-order chi connectivity index (χ0) is 14.3.